The molecule has 5 atom stereocenters. The zero-order chi connectivity index (χ0) is 106. The van der Waals surface area contributed by atoms with Gasteiger partial charge in [-0.05, 0) is 208 Å². The number of nitrogen functional groups attached to an aromatic ring is 1. The third-order valence-electron chi connectivity index (χ3n) is 19.0. The predicted octanol–water partition coefficient (Wildman–Crippen LogP) is 7.54. The summed E-state index contributed by atoms with van der Waals surface area (Å²) in [7, 11) is -9.98. The Bertz CT molecular complexity index is 6510. The second-order valence-corrected chi connectivity index (χ2v) is 37.2. The van der Waals surface area contributed by atoms with Gasteiger partial charge in [0.1, 0.15) is 33.6 Å². The molecule has 35 nitrogen and oxygen atoms in total. The molecule has 42 heteroatoms. The number of phenolic OH excluding ortho intramolecular Hbond substituents is 1. The number of rotatable bonds is 35. The van der Waals surface area contributed by atoms with Crippen LogP contribution in [0.5, 0.6) is 28.7 Å². The van der Waals surface area contributed by atoms with E-state index in [9.17, 15) is 49.2 Å². The van der Waals surface area contributed by atoms with E-state index in [2.05, 4.69) is 60.5 Å². The molecule has 11 aromatic carbocycles. The topological polar surface area (TPSA) is 615 Å². The number of carboxylic acids is 1. The van der Waals surface area contributed by atoms with E-state index in [0.29, 0.717) is 123 Å². The number of alkyl halides is 1. The summed E-state index contributed by atoms with van der Waals surface area (Å²) < 4.78 is 104. The number of hydrogen-bond acceptors (Lipinski definition) is 31. The van der Waals surface area contributed by atoms with Crippen LogP contribution >= 0.6 is 15.9 Å². The van der Waals surface area contributed by atoms with Crippen LogP contribution in [-0.2, 0) is 72.6 Å². The van der Waals surface area contributed by atoms with Crippen molar-refractivity contribution in [1.82, 2.24) is 0 Å². The van der Waals surface area contributed by atoms with Crippen LogP contribution in [0.15, 0.2) is 287 Å². The Morgan fingerprint density at radius 3 is 1.10 bits per heavy atom. The summed E-state index contributed by atoms with van der Waals surface area (Å²) in [5, 5.41) is 76.9. The molecule has 0 spiro atoms. The number of benzene rings is 11. The van der Waals surface area contributed by atoms with Crippen molar-refractivity contribution in [3.63, 3.8) is 0 Å². The molecule has 11 aromatic rings. The molecule has 0 aliphatic rings. The predicted molar refractivity (Wildman–Crippen MR) is 550 cm³/mol. The molecule has 0 heterocycles. The van der Waals surface area contributed by atoms with E-state index in [1.54, 1.807) is 250 Å². The number of oxime groups is 1. The Morgan fingerprint density at radius 1 is 0.463 bits per heavy atom. The Balaban J connectivity index is -0.00000170. The van der Waals surface area contributed by atoms with Gasteiger partial charge in [-0.25, -0.2) is 40.7 Å². The van der Waals surface area contributed by atoms with Crippen molar-refractivity contribution in [2.45, 2.75) is 157 Å². The Labute approximate surface area is 998 Å². The van der Waals surface area contributed by atoms with E-state index < -0.39 is 59.9 Å². The first-order valence-corrected chi connectivity index (χ1v) is 51.0. The number of amidine groups is 1. The molecule has 0 aliphatic heterocycles. The van der Waals surface area contributed by atoms with Crippen LogP contribution < -0.4 is 215 Å². The number of carboxylic acid groups (broad SMARTS) is 1. The Kier molecular flexibility index (Phi) is 71.9. The van der Waals surface area contributed by atoms with Gasteiger partial charge in [0.15, 0.2) is 59.8 Å². The average Bonchev–Trinajstić information content (AvgIpc) is 0.809. The molecule has 0 saturated carbocycles. The molecule has 0 aliphatic carbocycles. The van der Waals surface area contributed by atoms with E-state index in [4.69, 9.17) is 92.1 Å². The van der Waals surface area contributed by atoms with Gasteiger partial charge < -0.3 is 93.9 Å². The fourth-order valence-electron chi connectivity index (χ4n) is 12.5. The normalized spacial score (nSPS) is 11.1. The van der Waals surface area contributed by atoms with E-state index in [-0.39, 0.29) is 220 Å². The standard InChI is InChI=1S/C25H27N3O5S.C25H24N2O4S.C14H17NO3.C13H13NO2S.C12H13NO3.C8H7NO.C7H13BrO2.CH2O3.2Cs.Li.H3NO.H2O.H/c1-3-7-22(33-20-9-6-8-18(16-20)24(26)28-30)25(29)27-19-14-12-17(13-15-19)21-10-4-5-11-23(21)34(2,31)32;1-3-7-23(31-21-9-6-8-18(16-21)17-26)25(28)27-20-14-12-19(13-15-20)22-10-4-5-11-24(22)32(2,29)30;1-3-6-13(14(16)17-4-2)18-12-8-5-7-11(9-12)10-15;1-17(15,16)13-5-3-2-4-12(13)10-6-8-11(14)9-7-10;1-2-4-11(12(14)15)16-10-6-3-5-9(7-10)8-13;9-5-4-7-2-1-3-8(10)6-7;1-3-5-6(8)7(9)10-4-2;2-1-4-3;;;;1-2;;/h4-6,8-16,22,30H,3,7H2,1-2H3,(H2,26,28)(H,27,29);4-6,8-16,23H,3,7H2,1-2H3,(H,27,28);5,7-9,13H,3-4,6H2,1-2H3;2-9H,14H2,1H3;3,5-7,11H,2,4H2,1H3,(H,14,15);1-3,6,10H,9H2;6H,3-5H2,1-2H3;1,3H;;;;2H,1H2;1H2;/q;;;;;;;;3*+1;;;-1/p-2. The quantitative estimate of drug-likeness (QED) is 0.00149. The molecule has 0 bridgehead atoms. The van der Waals surface area contributed by atoms with Gasteiger partial charge in [-0.1, -0.05) is 215 Å². The van der Waals surface area contributed by atoms with Crippen molar-refractivity contribution < 1.29 is 277 Å². The number of phenols is 1. The number of nitriles is 3. The summed E-state index contributed by atoms with van der Waals surface area (Å²) in [4.78, 5) is 71.1. The number of hydrogen-bond donors (Lipinski definition) is 10. The first-order chi connectivity index (χ1) is 68.4. The molecule has 0 saturated heterocycles. The summed E-state index contributed by atoms with van der Waals surface area (Å²) in [6.07, 6.45) is 7.56. The molecular formula is C105H120BrCs2LiN10O25S3. The maximum absolute atomic E-state index is 12.9. The number of esters is 2. The molecule has 0 aromatic heterocycles. The minimum absolute atomic E-state index is 0. The van der Waals surface area contributed by atoms with E-state index in [0.717, 1.165) is 60.8 Å². The molecule has 15 N–H and O–H groups in total. The maximum Gasteiger partial charge on any atom is 1.00 e. The smallest absolute Gasteiger partial charge is 1.00 e. The Hall–Kier alpha value is -11.0. The van der Waals surface area contributed by atoms with Crippen molar-refractivity contribution in [3.8, 4) is 92.3 Å². The summed E-state index contributed by atoms with van der Waals surface area (Å²) in [6, 6.07) is 83.2. The number of nitrogens with one attached hydrogen (secondary N) is 2. The van der Waals surface area contributed by atoms with E-state index in [1.165, 1.54) is 24.8 Å². The third kappa shape index (κ3) is 52.6. The van der Waals surface area contributed by atoms with Crippen molar-refractivity contribution in [2.75, 3.05) is 48.3 Å². The second kappa shape index (κ2) is 76.5. The number of amides is 2. The minimum Gasteiger partial charge on any atom is -1.00 e. The van der Waals surface area contributed by atoms with Gasteiger partial charge in [-0.3, -0.25) is 19.2 Å². The maximum atomic E-state index is 12.9. The van der Waals surface area contributed by atoms with Crippen LogP contribution in [0.1, 0.15) is 142 Å². The molecule has 147 heavy (non-hydrogen) atoms. The van der Waals surface area contributed by atoms with Gasteiger partial charge in [0.2, 0.25) is 0 Å². The molecule has 11 rings (SSSR count). The molecule has 5 unspecified atom stereocenters. The van der Waals surface area contributed by atoms with Gasteiger partial charge in [0.25, 0.3) is 18.3 Å². The van der Waals surface area contributed by atoms with Gasteiger partial charge in [-0.2, -0.15) is 15.8 Å². The van der Waals surface area contributed by atoms with Gasteiger partial charge in [0, 0.05) is 69.7 Å². The summed E-state index contributed by atoms with van der Waals surface area (Å²) in [5.74, 6) is 5.98. The number of halogens is 1. The van der Waals surface area contributed by atoms with Crippen LogP contribution in [-0.4, -0.2) is 155 Å². The minimum atomic E-state index is -3.38. The monoisotopic (exact) mass is 2370 g/mol. The molecule has 0 radical (unpaired) electrons. The SMILES string of the molecule is CCCC(Br)C(=O)OCC.CCCC(Oc1cccc(/C(N)=N/O)c1)C(=O)Nc1ccc(-c2ccccc2S(C)(=O)=O)cc1.CCCC(Oc1cccc(C#N)c1)C(=O)Nc1ccc(-c2ccccc2S(C)(=O)=O)cc1.CCCC(Oc1cccc(C#N)c1)C(=O)O.CCCC(Oc1cccc(C#N)c1)C(=O)OCC.CS(=O)(=O)c1ccccc1-c1ccc(N)cc1.NC#Cc1cccc(O)c1.NO.O=CO[O-].[Cs+].[Cs+].[H-].[Li+].[OH-]. The van der Waals surface area contributed by atoms with Crippen LogP contribution in [0.4, 0.5) is 17.1 Å². The first-order valence-electron chi connectivity index (χ1n) is 44.4. The van der Waals surface area contributed by atoms with Gasteiger partial charge >= 0.3 is 175 Å². The molecule has 0 fully saturated rings. The summed E-state index contributed by atoms with van der Waals surface area (Å²) in [6.45, 7) is 14.0. The summed E-state index contributed by atoms with van der Waals surface area (Å²) in [5.41, 5.74) is 24.8. The summed E-state index contributed by atoms with van der Waals surface area (Å²) >= 11 is 3.23. The number of ether oxygens (including phenoxy) is 6. The zero-order valence-electron chi connectivity index (χ0n) is 85.0. The number of sulfone groups is 3. The van der Waals surface area contributed by atoms with Crippen molar-refractivity contribution in [3.05, 3.63) is 295 Å². The Morgan fingerprint density at radius 2 is 0.776 bits per heavy atom. The first kappa shape index (κ1) is 138. The van der Waals surface area contributed by atoms with Crippen molar-refractivity contribution >= 4 is 105 Å². The number of anilines is 3. The molecular weight excluding hydrogens is 2250 g/mol. The largest absolute Gasteiger partial charge is 1.00 e. The van der Waals surface area contributed by atoms with Crippen LogP contribution in [0.3, 0.4) is 0 Å². The zero-order valence-corrected chi connectivity index (χ0v) is 101. The molecule has 2 amide bonds. The third-order valence-corrected chi connectivity index (χ3v) is 23.3. The van der Waals surface area contributed by atoms with Crippen LogP contribution in [0.25, 0.3) is 33.4 Å². The molecule has 768 valence electrons. The van der Waals surface area contributed by atoms with Gasteiger partial charge in [0.05, 0.1) is 62.8 Å². The van der Waals surface area contributed by atoms with Crippen LogP contribution in [0.2, 0.25) is 0 Å². The average molecular weight is 2370 g/mol. The van der Waals surface area contributed by atoms with E-state index in [1.807, 2.05) is 71.9 Å². The number of aliphatic carboxylic acids is 1. The number of carbonyl (C=O) groups is 6. The van der Waals surface area contributed by atoms with Gasteiger partial charge in [-0.15, -0.1) is 0 Å². The number of carbonyl (C=O) groups excluding carboxylic acids is 5. The van der Waals surface area contributed by atoms with Crippen LogP contribution in [0, 0.1) is 46.0 Å². The van der Waals surface area contributed by atoms with Crippen molar-refractivity contribution in [2.24, 2.45) is 22.5 Å². The number of aromatic hydroxyl groups is 1. The number of nitrogens with zero attached hydrogens (tertiary/aromatic N) is 4. The van der Waals surface area contributed by atoms with E-state index >= 15 is 0 Å². The fraction of sp³-hybridized carbons (Fsp3) is 0.257. The van der Waals surface area contributed by atoms with Crippen molar-refractivity contribution in [1.29, 1.82) is 15.8 Å². The number of nitrogens with two attached hydrogens (primary N) is 4. The fourth-order valence-corrected chi connectivity index (χ4v) is 15.8. The second-order valence-electron chi connectivity index (χ2n) is 30.2.